The number of aromatic amines is 1. The topological polar surface area (TPSA) is 72.0 Å². The highest BCUT2D eigenvalue weighted by atomic mass is 35.5. The molecular weight excluding hydrogens is 268 g/mol. The Morgan fingerprint density at radius 2 is 2.05 bits per heavy atom. The lowest BCUT2D eigenvalue weighted by atomic mass is 10.1. The Bertz CT molecular complexity index is 650. The average Bonchev–Trinajstić information content (AvgIpc) is 2.40. The van der Waals surface area contributed by atoms with Crippen LogP contribution in [0.25, 0.3) is 11.3 Å². The maximum absolute atomic E-state index is 11.6. The molecule has 19 heavy (non-hydrogen) atoms. The van der Waals surface area contributed by atoms with E-state index in [9.17, 15) is 9.59 Å². The first-order valence-electron chi connectivity index (χ1n) is 5.64. The first-order valence-corrected chi connectivity index (χ1v) is 6.02. The van der Waals surface area contributed by atoms with E-state index >= 15 is 0 Å². The van der Waals surface area contributed by atoms with Gasteiger partial charge in [-0.3, -0.25) is 4.79 Å². The van der Waals surface area contributed by atoms with Gasteiger partial charge in [0, 0.05) is 10.6 Å². The number of benzene rings is 1. The monoisotopic (exact) mass is 278 g/mol. The highest BCUT2D eigenvalue weighted by Gasteiger charge is 2.13. The number of rotatable bonds is 3. The molecule has 1 aromatic carbocycles. The Hall–Kier alpha value is -2.14. The molecule has 0 spiro atoms. The van der Waals surface area contributed by atoms with Crippen molar-refractivity contribution in [1.82, 2.24) is 10.2 Å². The molecule has 0 aliphatic rings. The van der Waals surface area contributed by atoms with Gasteiger partial charge in [-0.2, -0.15) is 5.10 Å². The number of carbonyl (C=O) groups is 1. The molecule has 0 aliphatic carbocycles. The summed E-state index contributed by atoms with van der Waals surface area (Å²) in [5.41, 5.74) is 0.573. The number of hydrogen-bond acceptors (Lipinski definition) is 4. The zero-order valence-electron chi connectivity index (χ0n) is 10.1. The molecule has 6 heteroatoms. The van der Waals surface area contributed by atoms with E-state index in [1.165, 1.54) is 6.07 Å². The van der Waals surface area contributed by atoms with E-state index in [2.05, 4.69) is 10.2 Å². The number of H-pyrrole nitrogens is 1. The number of hydrogen-bond donors (Lipinski definition) is 1. The summed E-state index contributed by atoms with van der Waals surface area (Å²) in [6, 6.07) is 8.30. The first kappa shape index (κ1) is 13.3. The van der Waals surface area contributed by atoms with Crippen LogP contribution in [-0.4, -0.2) is 22.8 Å². The molecule has 0 fully saturated rings. The molecule has 0 bridgehead atoms. The minimum atomic E-state index is -0.665. The Balaban J connectivity index is 2.43. The van der Waals surface area contributed by atoms with Crippen LogP contribution in [0.3, 0.4) is 0 Å². The van der Waals surface area contributed by atoms with Crippen molar-refractivity contribution in [3.63, 3.8) is 0 Å². The van der Waals surface area contributed by atoms with Crippen LogP contribution in [0, 0.1) is 0 Å². The molecule has 0 atom stereocenters. The fourth-order valence-electron chi connectivity index (χ4n) is 1.53. The van der Waals surface area contributed by atoms with Crippen LogP contribution in [0.15, 0.2) is 35.1 Å². The van der Waals surface area contributed by atoms with E-state index in [-0.39, 0.29) is 12.2 Å². The van der Waals surface area contributed by atoms with Gasteiger partial charge in [0.1, 0.15) is 5.56 Å². The number of nitrogens with one attached hydrogen (secondary N) is 1. The van der Waals surface area contributed by atoms with Crippen molar-refractivity contribution in [2.75, 3.05) is 6.61 Å². The van der Waals surface area contributed by atoms with Gasteiger partial charge in [0.25, 0.3) is 5.56 Å². The number of nitrogens with zero attached hydrogens (tertiary/aromatic N) is 1. The zero-order chi connectivity index (χ0) is 13.8. The quantitative estimate of drug-likeness (QED) is 0.874. The van der Waals surface area contributed by atoms with Crippen LogP contribution in [-0.2, 0) is 4.74 Å². The predicted molar refractivity (Wildman–Crippen MR) is 71.3 cm³/mol. The third-order valence-electron chi connectivity index (χ3n) is 2.44. The van der Waals surface area contributed by atoms with Crippen LogP contribution in [0.1, 0.15) is 17.3 Å². The predicted octanol–water partition coefficient (Wildman–Crippen LogP) is 2.27. The van der Waals surface area contributed by atoms with E-state index in [1.807, 2.05) is 0 Å². The minimum Gasteiger partial charge on any atom is -0.462 e. The summed E-state index contributed by atoms with van der Waals surface area (Å²) in [4.78, 5) is 23.1. The number of esters is 1. The maximum atomic E-state index is 11.6. The normalized spacial score (nSPS) is 10.2. The van der Waals surface area contributed by atoms with Gasteiger partial charge >= 0.3 is 5.97 Å². The van der Waals surface area contributed by atoms with Crippen molar-refractivity contribution in [1.29, 1.82) is 0 Å². The molecular formula is C13H11ClN2O3. The van der Waals surface area contributed by atoms with Gasteiger partial charge in [-0.25, -0.2) is 9.89 Å². The molecule has 0 aliphatic heterocycles. The van der Waals surface area contributed by atoms with Gasteiger partial charge in [-0.1, -0.05) is 23.7 Å². The Labute approximate surface area is 114 Å². The molecule has 5 nitrogen and oxygen atoms in total. The number of halogens is 1. The second kappa shape index (κ2) is 5.67. The molecule has 0 saturated heterocycles. The summed E-state index contributed by atoms with van der Waals surface area (Å²) in [6.07, 6.45) is 0. The second-order valence-electron chi connectivity index (χ2n) is 3.72. The fraction of sp³-hybridized carbons (Fsp3) is 0.154. The summed E-state index contributed by atoms with van der Waals surface area (Å²) >= 11 is 5.79. The molecule has 0 unspecified atom stereocenters. The third kappa shape index (κ3) is 3.00. The van der Waals surface area contributed by atoms with Gasteiger partial charge in [0.15, 0.2) is 0 Å². The molecule has 0 saturated carbocycles. The van der Waals surface area contributed by atoms with Crippen molar-refractivity contribution in [2.45, 2.75) is 6.92 Å². The van der Waals surface area contributed by atoms with Gasteiger partial charge in [-0.15, -0.1) is 0 Å². The molecule has 1 aromatic heterocycles. The molecule has 0 radical (unpaired) electrons. The largest absolute Gasteiger partial charge is 0.462 e. The van der Waals surface area contributed by atoms with Crippen LogP contribution >= 0.6 is 11.6 Å². The highest BCUT2D eigenvalue weighted by molar-refractivity contribution is 6.30. The summed E-state index contributed by atoms with van der Waals surface area (Å²) in [6.45, 7) is 1.88. The molecule has 1 heterocycles. The van der Waals surface area contributed by atoms with Crippen LogP contribution in [0.2, 0.25) is 5.02 Å². The zero-order valence-corrected chi connectivity index (χ0v) is 10.9. The molecule has 1 N–H and O–H groups in total. The fourth-order valence-corrected chi connectivity index (χ4v) is 1.66. The molecule has 98 valence electrons. The lowest BCUT2D eigenvalue weighted by molar-refractivity contribution is 0.0524. The number of carbonyl (C=O) groups excluding carboxylic acids is 1. The maximum Gasteiger partial charge on any atom is 0.343 e. The summed E-state index contributed by atoms with van der Waals surface area (Å²) in [5, 5.41) is 6.77. The molecule has 2 rings (SSSR count). The second-order valence-corrected chi connectivity index (χ2v) is 4.16. The van der Waals surface area contributed by atoms with Gasteiger partial charge in [-0.05, 0) is 25.1 Å². The SMILES string of the molecule is CCOC(=O)c1cc(-c2ccc(Cl)cc2)n[nH]c1=O. The lowest BCUT2D eigenvalue weighted by Gasteiger charge is -2.04. The highest BCUT2D eigenvalue weighted by Crippen LogP contribution is 2.19. The third-order valence-corrected chi connectivity index (χ3v) is 2.69. The van der Waals surface area contributed by atoms with Crippen molar-refractivity contribution in [2.24, 2.45) is 0 Å². The molecule has 0 amide bonds. The summed E-state index contributed by atoms with van der Waals surface area (Å²) in [7, 11) is 0. The van der Waals surface area contributed by atoms with Gasteiger partial charge in [0.05, 0.1) is 12.3 Å². The van der Waals surface area contributed by atoms with Crippen LogP contribution in [0.5, 0.6) is 0 Å². The van der Waals surface area contributed by atoms with E-state index in [1.54, 1.807) is 31.2 Å². The lowest BCUT2D eigenvalue weighted by Crippen LogP contribution is -2.21. The average molecular weight is 279 g/mol. The van der Waals surface area contributed by atoms with E-state index in [4.69, 9.17) is 16.3 Å². The standard InChI is InChI=1S/C13H11ClN2O3/c1-2-19-13(18)10-7-11(15-16-12(10)17)8-3-5-9(14)6-4-8/h3-7H,2H2,1H3,(H,16,17). The molecule has 2 aromatic rings. The van der Waals surface area contributed by atoms with E-state index in [0.717, 1.165) is 5.56 Å². The van der Waals surface area contributed by atoms with Crippen LogP contribution in [0.4, 0.5) is 0 Å². The van der Waals surface area contributed by atoms with E-state index in [0.29, 0.717) is 10.7 Å². The van der Waals surface area contributed by atoms with E-state index < -0.39 is 11.5 Å². The first-order chi connectivity index (χ1) is 9.11. The smallest absolute Gasteiger partial charge is 0.343 e. The summed E-state index contributed by atoms with van der Waals surface area (Å²) < 4.78 is 4.81. The Kier molecular flexibility index (Phi) is 3.97. The number of aromatic nitrogens is 2. The van der Waals surface area contributed by atoms with Crippen molar-refractivity contribution < 1.29 is 9.53 Å². The van der Waals surface area contributed by atoms with Crippen molar-refractivity contribution >= 4 is 17.6 Å². The van der Waals surface area contributed by atoms with Gasteiger partial charge < -0.3 is 4.74 Å². The minimum absolute atomic E-state index is 0.0678. The number of ether oxygens (including phenoxy) is 1. The van der Waals surface area contributed by atoms with Gasteiger partial charge in [0.2, 0.25) is 0 Å². The Morgan fingerprint density at radius 3 is 2.68 bits per heavy atom. The van der Waals surface area contributed by atoms with Crippen LogP contribution < -0.4 is 5.56 Å². The van der Waals surface area contributed by atoms with Crippen molar-refractivity contribution in [3.05, 3.63) is 51.3 Å². The Morgan fingerprint density at radius 1 is 1.37 bits per heavy atom. The van der Waals surface area contributed by atoms with Crippen molar-refractivity contribution in [3.8, 4) is 11.3 Å². The summed E-state index contributed by atoms with van der Waals surface area (Å²) in [5.74, 6) is -0.665.